The summed E-state index contributed by atoms with van der Waals surface area (Å²) in [5.41, 5.74) is 1.37. The number of carbonyl (C=O) groups excluding carboxylic acids is 1. The van der Waals surface area contributed by atoms with E-state index in [9.17, 15) is 9.90 Å². The van der Waals surface area contributed by atoms with Gasteiger partial charge in [0.1, 0.15) is 28.1 Å². The van der Waals surface area contributed by atoms with Gasteiger partial charge in [-0.1, -0.05) is 0 Å². The number of nitrogens with zero attached hydrogens (tertiary/aromatic N) is 6. The average molecular weight is 398 g/mol. The highest BCUT2D eigenvalue weighted by Gasteiger charge is 2.25. The Morgan fingerprint density at radius 1 is 1.14 bits per heavy atom. The van der Waals surface area contributed by atoms with E-state index in [0.29, 0.717) is 18.8 Å². The van der Waals surface area contributed by atoms with E-state index >= 15 is 0 Å². The quantitative estimate of drug-likeness (QED) is 0.722. The van der Waals surface area contributed by atoms with Crippen molar-refractivity contribution in [3.05, 3.63) is 47.0 Å². The van der Waals surface area contributed by atoms with Gasteiger partial charge in [-0.05, 0) is 31.2 Å². The Kier molecular flexibility index (Phi) is 5.10. The number of carbonyl (C=O) groups is 1. The summed E-state index contributed by atoms with van der Waals surface area (Å²) in [7, 11) is 1.97. The predicted octanol–water partition coefficient (Wildman–Crippen LogP) is 1.91. The van der Waals surface area contributed by atoms with Crippen LogP contribution in [0.5, 0.6) is 5.75 Å². The van der Waals surface area contributed by atoms with Gasteiger partial charge >= 0.3 is 0 Å². The Hall–Kier alpha value is -2.78. The van der Waals surface area contributed by atoms with Gasteiger partial charge in [-0.15, -0.1) is 21.5 Å². The van der Waals surface area contributed by atoms with Crippen molar-refractivity contribution in [2.75, 3.05) is 26.2 Å². The van der Waals surface area contributed by atoms with Gasteiger partial charge in [0, 0.05) is 44.2 Å². The summed E-state index contributed by atoms with van der Waals surface area (Å²) in [6, 6.07) is 6.84. The number of phenols is 1. The third-order valence-electron chi connectivity index (χ3n) is 5.04. The lowest BCUT2D eigenvalue weighted by atomic mass is 10.2. The molecule has 4 rings (SSSR count). The highest BCUT2D eigenvalue weighted by Crippen LogP contribution is 2.26. The first kappa shape index (κ1) is 18.6. The lowest BCUT2D eigenvalue weighted by Crippen LogP contribution is -2.48. The SMILES string of the molecule is Cc1nnc(CN2CCN(C(=O)c3csc(-c4ccc(O)cc4)n3)CC2)n1C. The van der Waals surface area contributed by atoms with Crippen LogP contribution in [-0.2, 0) is 13.6 Å². The standard InChI is InChI=1S/C19H22N6O2S/c1-13-21-22-17(23(13)2)11-24-7-9-25(10-8-24)19(27)16-12-28-18(20-16)14-3-5-15(26)6-4-14/h3-6,12,26H,7-11H2,1-2H3. The average Bonchev–Trinajstić information content (AvgIpc) is 3.32. The van der Waals surface area contributed by atoms with Gasteiger partial charge in [-0.2, -0.15) is 0 Å². The minimum atomic E-state index is -0.0320. The lowest BCUT2D eigenvalue weighted by Gasteiger charge is -2.34. The molecule has 9 heteroatoms. The summed E-state index contributed by atoms with van der Waals surface area (Å²) in [4.78, 5) is 21.4. The number of rotatable bonds is 4. The first-order valence-corrected chi connectivity index (χ1v) is 10.0. The molecular formula is C19H22N6O2S. The molecule has 146 valence electrons. The smallest absolute Gasteiger partial charge is 0.273 e. The summed E-state index contributed by atoms with van der Waals surface area (Å²) >= 11 is 1.44. The second kappa shape index (κ2) is 7.69. The number of aryl methyl sites for hydroxylation is 1. The zero-order valence-electron chi connectivity index (χ0n) is 15.9. The van der Waals surface area contributed by atoms with Crippen LogP contribution in [0.15, 0.2) is 29.6 Å². The first-order chi connectivity index (χ1) is 13.5. The summed E-state index contributed by atoms with van der Waals surface area (Å²) in [5, 5.41) is 20.3. The molecule has 1 aromatic carbocycles. The summed E-state index contributed by atoms with van der Waals surface area (Å²) in [5.74, 6) is 2.02. The van der Waals surface area contributed by atoms with Gasteiger partial charge in [0.05, 0.1) is 6.54 Å². The van der Waals surface area contributed by atoms with Gasteiger partial charge in [-0.25, -0.2) is 4.98 Å². The van der Waals surface area contributed by atoms with E-state index in [1.165, 1.54) is 11.3 Å². The molecule has 0 atom stereocenters. The van der Waals surface area contributed by atoms with Crippen LogP contribution in [0, 0.1) is 6.92 Å². The topological polar surface area (TPSA) is 87.4 Å². The molecule has 0 aliphatic carbocycles. The number of thiazole rings is 1. The number of hydrogen-bond acceptors (Lipinski definition) is 7. The fraction of sp³-hybridized carbons (Fsp3) is 0.368. The van der Waals surface area contributed by atoms with E-state index in [2.05, 4.69) is 20.1 Å². The molecule has 1 N–H and O–H groups in total. The second-order valence-corrected chi connectivity index (χ2v) is 7.73. The van der Waals surface area contributed by atoms with Crippen molar-refractivity contribution >= 4 is 17.2 Å². The molecular weight excluding hydrogens is 376 g/mol. The third-order valence-corrected chi connectivity index (χ3v) is 5.94. The van der Waals surface area contributed by atoms with Crippen LogP contribution in [0.3, 0.4) is 0 Å². The second-order valence-electron chi connectivity index (χ2n) is 6.88. The number of hydrogen-bond donors (Lipinski definition) is 1. The Labute approximate surface area is 167 Å². The number of aromatic nitrogens is 4. The minimum absolute atomic E-state index is 0.0320. The van der Waals surface area contributed by atoms with E-state index < -0.39 is 0 Å². The molecule has 1 amide bonds. The molecule has 3 heterocycles. The van der Waals surface area contributed by atoms with E-state index in [0.717, 1.165) is 41.9 Å². The Morgan fingerprint density at radius 2 is 1.86 bits per heavy atom. The number of aromatic hydroxyl groups is 1. The third kappa shape index (κ3) is 3.76. The maximum Gasteiger partial charge on any atom is 0.273 e. The normalized spacial score (nSPS) is 15.1. The number of phenolic OH excluding ortho intramolecular Hbond substituents is 1. The highest BCUT2D eigenvalue weighted by atomic mass is 32.1. The molecule has 3 aromatic rings. The number of piperazine rings is 1. The molecule has 1 saturated heterocycles. The fourth-order valence-corrected chi connectivity index (χ4v) is 3.97. The molecule has 0 unspecified atom stereocenters. The maximum atomic E-state index is 12.8. The van der Waals surface area contributed by atoms with Crippen LogP contribution >= 0.6 is 11.3 Å². The molecule has 1 fully saturated rings. The fourth-order valence-electron chi connectivity index (χ4n) is 3.17. The molecule has 0 bridgehead atoms. The molecule has 2 aromatic heterocycles. The minimum Gasteiger partial charge on any atom is -0.508 e. The molecule has 0 radical (unpaired) electrons. The maximum absolute atomic E-state index is 12.8. The monoisotopic (exact) mass is 398 g/mol. The van der Waals surface area contributed by atoms with E-state index in [1.807, 2.05) is 23.4 Å². The predicted molar refractivity (Wildman–Crippen MR) is 106 cm³/mol. The lowest BCUT2D eigenvalue weighted by molar-refractivity contribution is 0.0619. The van der Waals surface area contributed by atoms with Crippen molar-refractivity contribution in [1.82, 2.24) is 29.5 Å². The van der Waals surface area contributed by atoms with Crippen molar-refractivity contribution in [2.45, 2.75) is 13.5 Å². The Balaban J connectivity index is 1.36. The van der Waals surface area contributed by atoms with Crippen LogP contribution in [0.2, 0.25) is 0 Å². The van der Waals surface area contributed by atoms with Crippen molar-refractivity contribution in [3.63, 3.8) is 0 Å². The first-order valence-electron chi connectivity index (χ1n) is 9.12. The molecule has 28 heavy (non-hydrogen) atoms. The van der Waals surface area contributed by atoms with Crippen LogP contribution in [0.25, 0.3) is 10.6 Å². The van der Waals surface area contributed by atoms with Crippen LogP contribution < -0.4 is 0 Å². The highest BCUT2D eigenvalue weighted by molar-refractivity contribution is 7.13. The number of benzene rings is 1. The molecule has 1 aliphatic rings. The van der Waals surface area contributed by atoms with Gasteiger partial charge in [-0.3, -0.25) is 9.69 Å². The van der Waals surface area contributed by atoms with Gasteiger partial charge in [0.15, 0.2) is 0 Å². The Bertz CT molecular complexity index is 973. The summed E-state index contributed by atoms with van der Waals surface area (Å²) in [6.07, 6.45) is 0. The van der Waals surface area contributed by atoms with E-state index in [1.54, 1.807) is 29.6 Å². The zero-order valence-corrected chi connectivity index (χ0v) is 16.7. The molecule has 1 aliphatic heterocycles. The number of amides is 1. The summed E-state index contributed by atoms with van der Waals surface area (Å²) in [6.45, 7) is 5.61. The van der Waals surface area contributed by atoms with Crippen LogP contribution in [0.4, 0.5) is 0 Å². The van der Waals surface area contributed by atoms with Gasteiger partial charge < -0.3 is 14.6 Å². The van der Waals surface area contributed by atoms with Crippen LogP contribution in [0.1, 0.15) is 22.1 Å². The molecule has 0 spiro atoms. The zero-order chi connectivity index (χ0) is 19.7. The van der Waals surface area contributed by atoms with E-state index in [-0.39, 0.29) is 11.7 Å². The van der Waals surface area contributed by atoms with Crippen LogP contribution in [-0.4, -0.2) is 66.7 Å². The van der Waals surface area contributed by atoms with Gasteiger partial charge in [0.25, 0.3) is 5.91 Å². The van der Waals surface area contributed by atoms with Crippen molar-refractivity contribution in [2.24, 2.45) is 7.05 Å². The van der Waals surface area contributed by atoms with E-state index in [4.69, 9.17) is 0 Å². The largest absolute Gasteiger partial charge is 0.508 e. The van der Waals surface area contributed by atoms with Crippen molar-refractivity contribution in [3.8, 4) is 16.3 Å². The molecule has 0 saturated carbocycles. The van der Waals surface area contributed by atoms with Crippen molar-refractivity contribution < 1.29 is 9.90 Å². The molecule has 8 nitrogen and oxygen atoms in total. The van der Waals surface area contributed by atoms with Crippen molar-refractivity contribution in [1.29, 1.82) is 0 Å². The Morgan fingerprint density at radius 3 is 2.50 bits per heavy atom. The van der Waals surface area contributed by atoms with Gasteiger partial charge in [0.2, 0.25) is 0 Å². The summed E-state index contributed by atoms with van der Waals surface area (Å²) < 4.78 is 2.00.